The Balaban J connectivity index is 1.63. The minimum Gasteiger partial charge on any atom is -0.350 e. The first-order valence-corrected chi connectivity index (χ1v) is 7.72. The molecule has 0 saturated carbocycles. The normalized spacial score (nSPS) is 10.5. The highest BCUT2D eigenvalue weighted by molar-refractivity contribution is 6.30. The van der Waals surface area contributed by atoms with Gasteiger partial charge in [-0.2, -0.15) is 0 Å². The van der Waals surface area contributed by atoms with Gasteiger partial charge in [-0.05, 0) is 48.4 Å². The molecule has 0 spiro atoms. The minimum atomic E-state index is -0.104. The molecule has 0 saturated heterocycles. The Morgan fingerprint density at radius 3 is 2.70 bits per heavy atom. The van der Waals surface area contributed by atoms with Crippen LogP contribution in [0.1, 0.15) is 16.1 Å². The second kappa shape index (κ2) is 7.11. The van der Waals surface area contributed by atoms with Gasteiger partial charge in [0.1, 0.15) is 5.69 Å². The third-order valence-electron chi connectivity index (χ3n) is 3.52. The van der Waals surface area contributed by atoms with Crippen molar-refractivity contribution >= 4 is 17.5 Å². The molecule has 0 aliphatic rings. The Hall–Kier alpha value is -2.59. The van der Waals surface area contributed by atoms with Gasteiger partial charge in [0, 0.05) is 24.0 Å². The highest BCUT2D eigenvalue weighted by Crippen LogP contribution is 2.12. The Labute approximate surface area is 139 Å². The zero-order chi connectivity index (χ0) is 16.1. The molecule has 2 aromatic heterocycles. The van der Waals surface area contributed by atoms with E-state index in [1.54, 1.807) is 18.5 Å². The van der Waals surface area contributed by atoms with Crippen molar-refractivity contribution in [2.45, 2.75) is 6.42 Å². The lowest BCUT2D eigenvalue weighted by molar-refractivity contribution is 0.0947. The number of pyridine rings is 1. The first kappa shape index (κ1) is 15.3. The van der Waals surface area contributed by atoms with E-state index in [9.17, 15) is 4.79 Å². The van der Waals surface area contributed by atoms with Crippen molar-refractivity contribution in [3.63, 3.8) is 0 Å². The van der Waals surface area contributed by atoms with E-state index in [0.717, 1.165) is 17.7 Å². The van der Waals surface area contributed by atoms with Crippen LogP contribution in [-0.4, -0.2) is 22.0 Å². The fourth-order valence-electron chi connectivity index (χ4n) is 2.35. The molecule has 1 amide bonds. The number of rotatable bonds is 5. The molecule has 3 aromatic rings. The van der Waals surface area contributed by atoms with Crippen LogP contribution in [0.3, 0.4) is 0 Å². The van der Waals surface area contributed by atoms with Crippen molar-refractivity contribution in [2.75, 3.05) is 6.54 Å². The van der Waals surface area contributed by atoms with E-state index in [-0.39, 0.29) is 5.91 Å². The van der Waals surface area contributed by atoms with Crippen LogP contribution in [0.25, 0.3) is 5.69 Å². The molecular weight excluding hydrogens is 310 g/mol. The molecule has 3 rings (SSSR count). The summed E-state index contributed by atoms with van der Waals surface area (Å²) in [6.07, 6.45) is 6.05. The van der Waals surface area contributed by atoms with Crippen molar-refractivity contribution in [3.05, 3.63) is 83.4 Å². The van der Waals surface area contributed by atoms with E-state index in [1.807, 2.05) is 53.2 Å². The number of hydrogen-bond acceptors (Lipinski definition) is 2. The number of carbonyl (C=O) groups is 1. The second-order valence-corrected chi connectivity index (χ2v) is 5.54. The minimum absolute atomic E-state index is 0.104. The summed E-state index contributed by atoms with van der Waals surface area (Å²) < 4.78 is 1.82. The van der Waals surface area contributed by atoms with Gasteiger partial charge in [-0.3, -0.25) is 9.78 Å². The van der Waals surface area contributed by atoms with E-state index in [0.29, 0.717) is 17.3 Å². The summed E-state index contributed by atoms with van der Waals surface area (Å²) in [5, 5.41) is 3.66. The summed E-state index contributed by atoms with van der Waals surface area (Å²) >= 11 is 5.86. The monoisotopic (exact) mass is 325 g/mol. The van der Waals surface area contributed by atoms with Gasteiger partial charge < -0.3 is 9.88 Å². The van der Waals surface area contributed by atoms with Crippen molar-refractivity contribution in [1.82, 2.24) is 14.9 Å². The number of benzene rings is 1. The molecule has 0 radical (unpaired) electrons. The molecule has 2 heterocycles. The maximum Gasteiger partial charge on any atom is 0.268 e. The van der Waals surface area contributed by atoms with Crippen LogP contribution >= 0.6 is 11.6 Å². The van der Waals surface area contributed by atoms with E-state index >= 15 is 0 Å². The molecule has 0 unspecified atom stereocenters. The molecule has 0 bridgehead atoms. The fourth-order valence-corrected chi connectivity index (χ4v) is 2.48. The smallest absolute Gasteiger partial charge is 0.268 e. The van der Waals surface area contributed by atoms with Crippen LogP contribution in [0.4, 0.5) is 0 Å². The van der Waals surface area contributed by atoms with Gasteiger partial charge in [-0.25, -0.2) is 0 Å². The van der Waals surface area contributed by atoms with Crippen LogP contribution < -0.4 is 5.32 Å². The number of amides is 1. The van der Waals surface area contributed by atoms with Crippen LogP contribution in [0.2, 0.25) is 5.02 Å². The molecule has 4 nitrogen and oxygen atoms in total. The zero-order valence-corrected chi connectivity index (χ0v) is 13.2. The number of nitrogens with one attached hydrogen (secondary N) is 1. The highest BCUT2D eigenvalue weighted by atomic mass is 35.5. The van der Waals surface area contributed by atoms with Crippen molar-refractivity contribution in [2.24, 2.45) is 0 Å². The average Bonchev–Trinajstić information content (AvgIpc) is 3.07. The number of nitrogens with zero attached hydrogens (tertiary/aromatic N) is 2. The van der Waals surface area contributed by atoms with Crippen molar-refractivity contribution in [1.29, 1.82) is 0 Å². The molecule has 0 aliphatic heterocycles. The van der Waals surface area contributed by atoms with E-state index in [1.165, 1.54) is 0 Å². The Kier molecular flexibility index (Phi) is 4.74. The van der Waals surface area contributed by atoms with Gasteiger partial charge in [-0.1, -0.05) is 23.7 Å². The third-order valence-corrected chi connectivity index (χ3v) is 3.77. The molecular formula is C18H16ClN3O. The molecule has 0 fully saturated rings. The maximum atomic E-state index is 12.4. The Morgan fingerprint density at radius 2 is 1.96 bits per heavy atom. The molecule has 1 N–H and O–H groups in total. The Morgan fingerprint density at radius 1 is 1.13 bits per heavy atom. The number of carbonyl (C=O) groups excluding carboxylic acids is 1. The average molecular weight is 326 g/mol. The highest BCUT2D eigenvalue weighted by Gasteiger charge is 2.11. The maximum absolute atomic E-state index is 12.4. The predicted molar refractivity (Wildman–Crippen MR) is 91.1 cm³/mol. The van der Waals surface area contributed by atoms with Gasteiger partial charge in [0.25, 0.3) is 5.91 Å². The van der Waals surface area contributed by atoms with Gasteiger partial charge in [0.05, 0.1) is 11.9 Å². The van der Waals surface area contributed by atoms with Gasteiger partial charge in [-0.15, -0.1) is 0 Å². The summed E-state index contributed by atoms with van der Waals surface area (Å²) in [5.74, 6) is -0.104. The first-order chi connectivity index (χ1) is 11.2. The largest absolute Gasteiger partial charge is 0.350 e. The predicted octanol–water partition coefficient (Wildman–Crippen LogP) is 3.50. The summed E-state index contributed by atoms with van der Waals surface area (Å²) in [7, 11) is 0. The van der Waals surface area contributed by atoms with E-state index in [4.69, 9.17) is 11.6 Å². The zero-order valence-electron chi connectivity index (χ0n) is 12.4. The molecule has 23 heavy (non-hydrogen) atoms. The van der Waals surface area contributed by atoms with Gasteiger partial charge in [0.15, 0.2) is 0 Å². The van der Waals surface area contributed by atoms with Crippen LogP contribution in [-0.2, 0) is 6.42 Å². The summed E-state index contributed by atoms with van der Waals surface area (Å²) in [4.78, 5) is 16.5. The topological polar surface area (TPSA) is 46.9 Å². The fraction of sp³-hybridized carbons (Fsp3) is 0.111. The summed E-state index contributed by atoms with van der Waals surface area (Å²) in [5.41, 5.74) is 2.59. The quantitative estimate of drug-likeness (QED) is 0.780. The van der Waals surface area contributed by atoms with E-state index in [2.05, 4.69) is 10.3 Å². The van der Waals surface area contributed by atoms with Crippen molar-refractivity contribution < 1.29 is 4.79 Å². The molecule has 0 aliphatic carbocycles. The number of hydrogen-bond donors (Lipinski definition) is 1. The summed E-state index contributed by atoms with van der Waals surface area (Å²) in [6, 6.07) is 15.0. The Bertz CT molecular complexity index is 782. The standard InChI is InChI=1S/C18H16ClN3O/c19-15-7-5-14(6-8-15)9-11-21-18(23)17-4-2-12-22(17)16-3-1-10-20-13-16/h1-8,10,12-13H,9,11H2,(H,21,23). The molecule has 1 aromatic carbocycles. The first-order valence-electron chi connectivity index (χ1n) is 7.34. The van der Waals surface area contributed by atoms with Crippen molar-refractivity contribution in [3.8, 4) is 5.69 Å². The lowest BCUT2D eigenvalue weighted by atomic mass is 10.1. The van der Waals surface area contributed by atoms with Crippen LogP contribution in [0.5, 0.6) is 0 Å². The van der Waals surface area contributed by atoms with Gasteiger partial charge >= 0.3 is 0 Å². The second-order valence-electron chi connectivity index (χ2n) is 5.11. The number of halogens is 1. The lowest BCUT2D eigenvalue weighted by Gasteiger charge is -2.09. The van der Waals surface area contributed by atoms with Crippen LogP contribution in [0, 0.1) is 0 Å². The SMILES string of the molecule is O=C(NCCc1ccc(Cl)cc1)c1cccn1-c1cccnc1. The summed E-state index contributed by atoms with van der Waals surface area (Å²) in [6.45, 7) is 0.568. The van der Waals surface area contributed by atoms with Crippen LogP contribution in [0.15, 0.2) is 67.1 Å². The number of aromatic nitrogens is 2. The van der Waals surface area contributed by atoms with E-state index < -0.39 is 0 Å². The third kappa shape index (κ3) is 3.79. The molecule has 116 valence electrons. The molecule has 5 heteroatoms. The lowest BCUT2D eigenvalue weighted by Crippen LogP contribution is -2.27. The van der Waals surface area contributed by atoms with Gasteiger partial charge in [0.2, 0.25) is 0 Å². The molecule has 0 atom stereocenters.